The van der Waals surface area contributed by atoms with Gasteiger partial charge in [-0.1, -0.05) is 13.8 Å². The number of aromatic nitrogens is 4. The largest absolute Gasteiger partial charge is 0.486 e. The second-order valence-corrected chi connectivity index (χ2v) is 12.3. The number of nitrogens with zero attached hydrogens (tertiary/aromatic N) is 6. The molecule has 3 aromatic rings. The van der Waals surface area contributed by atoms with E-state index in [0.29, 0.717) is 34.9 Å². The molecule has 10 nitrogen and oxygen atoms in total. The summed E-state index contributed by atoms with van der Waals surface area (Å²) in [6, 6.07) is 6.86. The van der Waals surface area contributed by atoms with Crippen molar-refractivity contribution in [3.63, 3.8) is 0 Å². The summed E-state index contributed by atoms with van der Waals surface area (Å²) >= 11 is 0. The number of fused-ring (bicyclic) bond motifs is 2. The van der Waals surface area contributed by atoms with Crippen molar-refractivity contribution in [1.29, 1.82) is 0 Å². The molecule has 1 amide bonds. The molecule has 2 aliphatic heterocycles. The molecule has 0 radical (unpaired) electrons. The minimum absolute atomic E-state index is 0.0222. The van der Waals surface area contributed by atoms with Crippen LogP contribution in [0.4, 0.5) is 0 Å². The van der Waals surface area contributed by atoms with Crippen LogP contribution < -0.4 is 4.74 Å². The van der Waals surface area contributed by atoms with Crippen molar-refractivity contribution in [3.8, 4) is 5.75 Å². The predicted molar refractivity (Wildman–Crippen MR) is 148 cm³/mol. The lowest BCUT2D eigenvalue weighted by Crippen LogP contribution is -2.50. The van der Waals surface area contributed by atoms with Gasteiger partial charge in [-0.25, -0.2) is 9.97 Å². The monoisotopic (exact) mass is 544 g/mol. The first-order valence-electron chi connectivity index (χ1n) is 14.1. The molecule has 2 aromatic heterocycles. The number of ketones is 2. The Balaban J connectivity index is 1.18. The van der Waals surface area contributed by atoms with Crippen molar-refractivity contribution < 1.29 is 19.1 Å². The smallest absolute Gasteiger partial charge is 0.245 e. The molecule has 4 heterocycles. The second kappa shape index (κ2) is 10.4. The number of amides is 1. The van der Waals surface area contributed by atoms with Gasteiger partial charge in [0.25, 0.3) is 0 Å². The van der Waals surface area contributed by atoms with Crippen LogP contribution in [0.2, 0.25) is 0 Å². The van der Waals surface area contributed by atoms with Gasteiger partial charge in [-0.15, -0.1) is 0 Å². The van der Waals surface area contributed by atoms with Crippen LogP contribution in [-0.4, -0.2) is 78.7 Å². The van der Waals surface area contributed by atoms with Crippen molar-refractivity contribution in [2.75, 3.05) is 19.6 Å². The maximum atomic E-state index is 13.7. The van der Waals surface area contributed by atoms with Gasteiger partial charge in [-0.05, 0) is 67.8 Å². The highest BCUT2D eigenvalue weighted by atomic mass is 16.5. The summed E-state index contributed by atoms with van der Waals surface area (Å²) < 4.78 is 7.44. The number of piperidine rings is 2. The number of hydrogen-bond acceptors (Lipinski definition) is 8. The van der Waals surface area contributed by atoms with E-state index in [1.54, 1.807) is 35.3 Å². The lowest BCUT2D eigenvalue weighted by molar-refractivity contribution is -0.140. The average Bonchev–Trinajstić information content (AvgIpc) is 3.43. The molecule has 0 N–H and O–H groups in total. The number of carbonyl (C=O) groups excluding carboxylic acids is 3. The maximum absolute atomic E-state index is 13.7. The third-order valence-electron chi connectivity index (χ3n) is 8.45. The Kier molecular flexibility index (Phi) is 6.90. The highest BCUT2D eigenvalue weighted by molar-refractivity contribution is 6.05. The maximum Gasteiger partial charge on any atom is 0.245 e. The quantitative estimate of drug-likeness (QED) is 0.378. The molecule has 0 spiro atoms. The van der Waals surface area contributed by atoms with E-state index in [1.807, 2.05) is 11.0 Å². The fraction of sp³-hybridized carbons (Fsp3) is 0.533. The molecule has 0 bridgehead atoms. The van der Waals surface area contributed by atoms with E-state index in [-0.39, 0.29) is 53.8 Å². The summed E-state index contributed by atoms with van der Waals surface area (Å²) in [5, 5.41) is 5.15. The topological polar surface area (TPSA) is 111 Å². The van der Waals surface area contributed by atoms with Crippen molar-refractivity contribution in [2.45, 2.75) is 71.7 Å². The van der Waals surface area contributed by atoms with Gasteiger partial charge in [-0.2, -0.15) is 5.10 Å². The Hall–Kier alpha value is -3.66. The first kappa shape index (κ1) is 26.6. The number of hydrogen-bond donors (Lipinski definition) is 0. The Morgan fingerprint density at radius 2 is 1.90 bits per heavy atom. The number of ether oxygens (including phenoxy) is 1. The molecule has 1 aliphatic carbocycles. The zero-order valence-electron chi connectivity index (χ0n) is 23.4. The first-order valence-corrected chi connectivity index (χ1v) is 14.1. The summed E-state index contributed by atoms with van der Waals surface area (Å²) in [4.78, 5) is 52.0. The summed E-state index contributed by atoms with van der Waals surface area (Å²) in [5.74, 6) is 1.33. The Bertz CT molecular complexity index is 1450. The van der Waals surface area contributed by atoms with Crippen LogP contribution in [0.1, 0.15) is 62.8 Å². The van der Waals surface area contributed by atoms with Crippen LogP contribution in [-0.2, 0) is 22.7 Å². The molecule has 0 unspecified atom stereocenters. The fourth-order valence-electron chi connectivity index (χ4n) is 6.50. The summed E-state index contributed by atoms with van der Waals surface area (Å²) in [5.41, 5.74) is 1.17. The van der Waals surface area contributed by atoms with Crippen molar-refractivity contribution in [1.82, 2.24) is 29.5 Å². The number of rotatable bonds is 9. The zero-order valence-corrected chi connectivity index (χ0v) is 23.4. The normalized spacial score (nSPS) is 23.7. The molecule has 2 saturated heterocycles. The van der Waals surface area contributed by atoms with Crippen LogP contribution in [0.15, 0.2) is 36.7 Å². The Morgan fingerprint density at radius 3 is 2.65 bits per heavy atom. The molecule has 40 heavy (non-hydrogen) atoms. The highest BCUT2D eigenvalue weighted by Crippen LogP contribution is 2.48. The second-order valence-electron chi connectivity index (χ2n) is 12.3. The summed E-state index contributed by atoms with van der Waals surface area (Å²) in [7, 11) is 0. The molecule has 1 saturated carbocycles. The molecule has 3 atom stereocenters. The van der Waals surface area contributed by atoms with Gasteiger partial charge in [0.1, 0.15) is 24.6 Å². The van der Waals surface area contributed by atoms with Gasteiger partial charge < -0.3 is 9.64 Å². The minimum atomic E-state index is -0.379. The molecular weight excluding hydrogens is 508 g/mol. The first-order chi connectivity index (χ1) is 19.2. The molecular formula is C30H36N6O4. The van der Waals surface area contributed by atoms with Crippen molar-refractivity contribution in [2.24, 2.45) is 11.3 Å². The third-order valence-corrected chi connectivity index (χ3v) is 8.45. The number of carbonyl (C=O) groups is 3. The van der Waals surface area contributed by atoms with Crippen LogP contribution in [0, 0.1) is 11.3 Å². The van der Waals surface area contributed by atoms with Crippen LogP contribution in [0.3, 0.4) is 0 Å². The summed E-state index contributed by atoms with van der Waals surface area (Å²) in [6.45, 7) is 8.37. The average molecular weight is 545 g/mol. The van der Waals surface area contributed by atoms with Crippen molar-refractivity contribution in [3.05, 3.63) is 48.2 Å². The van der Waals surface area contributed by atoms with Crippen molar-refractivity contribution >= 4 is 28.4 Å². The molecule has 6 rings (SSSR count). The van der Waals surface area contributed by atoms with Gasteiger partial charge in [0.2, 0.25) is 5.91 Å². The lowest BCUT2D eigenvalue weighted by atomic mass is 9.84. The van der Waals surface area contributed by atoms with E-state index in [1.165, 1.54) is 13.3 Å². The van der Waals surface area contributed by atoms with E-state index in [4.69, 9.17) is 4.74 Å². The van der Waals surface area contributed by atoms with Gasteiger partial charge in [-0.3, -0.25) is 24.0 Å². The van der Waals surface area contributed by atoms with E-state index in [2.05, 4.69) is 33.8 Å². The van der Waals surface area contributed by atoms with Crippen LogP contribution in [0.25, 0.3) is 10.9 Å². The molecule has 10 heteroatoms. The third kappa shape index (κ3) is 5.37. The van der Waals surface area contributed by atoms with E-state index in [0.717, 1.165) is 32.4 Å². The number of benzene rings is 1. The molecule has 3 aliphatic rings. The van der Waals surface area contributed by atoms with Gasteiger partial charge in [0.15, 0.2) is 17.4 Å². The van der Waals surface area contributed by atoms with Gasteiger partial charge >= 0.3 is 0 Å². The van der Waals surface area contributed by atoms with Crippen LogP contribution in [0.5, 0.6) is 5.75 Å². The molecule has 210 valence electrons. The predicted octanol–water partition coefficient (Wildman–Crippen LogP) is 3.29. The minimum Gasteiger partial charge on any atom is -0.486 e. The fourth-order valence-corrected chi connectivity index (χ4v) is 6.50. The van der Waals surface area contributed by atoms with E-state index < -0.39 is 0 Å². The van der Waals surface area contributed by atoms with E-state index >= 15 is 0 Å². The van der Waals surface area contributed by atoms with E-state index in [9.17, 15) is 14.4 Å². The number of Topliss-reactive ketones (excluding diaryl/α,β-unsaturated/α-hetero) is 2. The highest BCUT2D eigenvalue weighted by Gasteiger charge is 2.55. The lowest BCUT2D eigenvalue weighted by Gasteiger charge is -2.38. The number of likely N-dealkylation sites (tertiary alicyclic amines) is 2. The zero-order chi connectivity index (χ0) is 28.0. The summed E-state index contributed by atoms with van der Waals surface area (Å²) in [6.07, 6.45) is 7.27. The van der Waals surface area contributed by atoms with Gasteiger partial charge in [0.05, 0.1) is 18.1 Å². The standard InChI is InChI=1S/C30H36N6O4/c1-19(37)29-22-14-21(40-17-27-31-9-5-10-32-27)6-7-23(22)35(33-29)16-28(39)36-24-12-20(24)13-25(36)26(38)15-34-11-4-8-30(2,3)18-34/h5-7,9-10,14,20,24-25H,4,8,11-13,15-18H2,1-3H3/t20-,24-,25+/m1/s1. The Morgan fingerprint density at radius 1 is 1.10 bits per heavy atom. The Labute approximate surface area is 233 Å². The van der Waals surface area contributed by atoms with Crippen LogP contribution >= 0.6 is 0 Å². The molecule has 1 aromatic carbocycles. The SMILES string of the molecule is CC(=O)c1nn(CC(=O)N2[C@@H]3C[C@@H]3C[C@H]2C(=O)CN2CCCC(C)(C)C2)c2ccc(OCc3ncccn3)cc12. The van der Waals surface area contributed by atoms with Gasteiger partial charge in [0, 0.05) is 37.3 Å². The molecule has 3 fully saturated rings.